The van der Waals surface area contributed by atoms with E-state index in [0.717, 1.165) is 0 Å². The predicted molar refractivity (Wildman–Crippen MR) is 70.3 cm³/mol. The molecule has 0 rings (SSSR count). The van der Waals surface area contributed by atoms with E-state index >= 15 is 0 Å². The molecule has 4 N–H and O–H groups in total. The third-order valence-corrected chi connectivity index (χ3v) is 2.80. The summed E-state index contributed by atoms with van der Waals surface area (Å²) in [5, 5.41) is 10.9. The molecule has 0 fully saturated rings. The molecule has 0 aliphatic heterocycles. The first kappa shape index (κ1) is 17.5. The number of nitrogens with one attached hydrogen (secondary N) is 1. The van der Waals surface area contributed by atoms with E-state index in [-0.39, 0.29) is 30.9 Å². The lowest BCUT2D eigenvalue weighted by atomic mass is 10.1. The van der Waals surface area contributed by atoms with Gasteiger partial charge in [0.25, 0.3) is 0 Å². The van der Waals surface area contributed by atoms with Crippen LogP contribution in [-0.4, -0.2) is 41.1 Å². The maximum atomic E-state index is 11.7. The van der Waals surface area contributed by atoms with Gasteiger partial charge in [-0.2, -0.15) is 0 Å². The average Bonchev–Trinajstić information content (AvgIpc) is 2.38. The van der Waals surface area contributed by atoms with Gasteiger partial charge in [-0.3, -0.25) is 14.4 Å². The fourth-order valence-corrected chi connectivity index (χ4v) is 1.73. The molecule has 0 heterocycles. The first-order chi connectivity index (χ1) is 9.01. The molecule has 9 heteroatoms. The molecule has 0 bridgehead atoms. The summed E-state index contributed by atoms with van der Waals surface area (Å²) in [4.78, 5) is 43.6. The lowest BCUT2D eigenvalue weighted by Gasteiger charge is -2.15. The first-order valence-electron chi connectivity index (χ1n) is 5.69. The lowest BCUT2D eigenvalue weighted by molar-refractivity contribution is -0.138. The smallest absolute Gasteiger partial charge is 0.303 e. The number of rotatable bonds is 11. The Labute approximate surface area is 114 Å². The van der Waals surface area contributed by atoms with Gasteiger partial charge in [0.05, 0.1) is 12.5 Å². The molecular formula is C10H17N3O5S. The van der Waals surface area contributed by atoms with Crippen LogP contribution in [0.3, 0.4) is 0 Å². The summed E-state index contributed by atoms with van der Waals surface area (Å²) in [6, 6.07) is -0.896. The second-order valence-electron chi connectivity index (χ2n) is 3.74. The number of amides is 1. The summed E-state index contributed by atoms with van der Waals surface area (Å²) in [5.74, 6) is -1.89. The number of carboxylic acids is 1. The maximum absolute atomic E-state index is 11.7. The molecule has 1 amide bonds. The van der Waals surface area contributed by atoms with Crippen LogP contribution in [0.2, 0.25) is 0 Å². The van der Waals surface area contributed by atoms with Gasteiger partial charge < -0.3 is 16.2 Å². The molecule has 19 heavy (non-hydrogen) atoms. The number of carbonyl (C=O) groups excluding carboxylic acids is 2. The highest BCUT2D eigenvalue weighted by Crippen LogP contribution is 2.07. The Kier molecular flexibility index (Phi) is 9.63. The van der Waals surface area contributed by atoms with E-state index in [1.807, 2.05) is 0 Å². The first-order valence-corrected chi connectivity index (χ1v) is 6.64. The number of ketones is 1. The second-order valence-corrected chi connectivity index (χ2v) is 4.48. The van der Waals surface area contributed by atoms with Crippen molar-refractivity contribution in [3.05, 3.63) is 4.91 Å². The van der Waals surface area contributed by atoms with E-state index < -0.39 is 17.8 Å². The lowest BCUT2D eigenvalue weighted by Crippen LogP contribution is -2.42. The van der Waals surface area contributed by atoms with Gasteiger partial charge in [0.2, 0.25) is 5.91 Å². The number of carboxylic acid groups (broad SMARTS) is 1. The Bertz CT molecular complexity index is 337. The Morgan fingerprint density at radius 3 is 2.47 bits per heavy atom. The molecule has 1 atom stereocenters. The van der Waals surface area contributed by atoms with Gasteiger partial charge in [0.15, 0.2) is 5.78 Å². The Balaban J connectivity index is 4.34. The molecule has 0 saturated carbocycles. The van der Waals surface area contributed by atoms with Crippen LogP contribution in [0.4, 0.5) is 0 Å². The predicted octanol–water partition coefficient (Wildman–Crippen LogP) is 0.0586. The fraction of sp³-hybridized carbons (Fsp3) is 0.700. The van der Waals surface area contributed by atoms with Gasteiger partial charge in [0.1, 0.15) is 0 Å². The maximum Gasteiger partial charge on any atom is 0.303 e. The highest BCUT2D eigenvalue weighted by Gasteiger charge is 2.21. The Morgan fingerprint density at radius 2 is 1.95 bits per heavy atom. The topological polar surface area (TPSA) is 139 Å². The monoisotopic (exact) mass is 291 g/mol. The molecule has 0 aliphatic rings. The minimum absolute atomic E-state index is 0.00365. The van der Waals surface area contributed by atoms with E-state index in [1.165, 1.54) is 0 Å². The molecule has 0 aromatic carbocycles. The van der Waals surface area contributed by atoms with Crippen LogP contribution in [0, 0.1) is 4.91 Å². The standard InChI is InChI=1S/C10H17N3O5S/c11-5-1-2-9(15)12-7(6-19-13-18)8(14)3-4-10(16)17/h7H,1-6,11H2,(H,12,15)(H,16,17)/t7-/m0/s1. The van der Waals surface area contributed by atoms with Crippen LogP contribution in [0.1, 0.15) is 25.7 Å². The summed E-state index contributed by atoms with van der Waals surface area (Å²) in [7, 11) is 0. The summed E-state index contributed by atoms with van der Waals surface area (Å²) >= 11 is 0.606. The van der Waals surface area contributed by atoms with Gasteiger partial charge in [-0.1, -0.05) is 0 Å². The third kappa shape index (κ3) is 9.14. The fourth-order valence-electron chi connectivity index (χ4n) is 1.25. The van der Waals surface area contributed by atoms with Gasteiger partial charge in [-0.15, -0.1) is 4.91 Å². The molecule has 0 aliphatic carbocycles. The van der Waals surface area contributed by atoms with Crippen LogP contribution in [-0.2, 0) is 14.4 Å². The highest BCUT2D eigenvalue weighted by atomic mass is 32.2. The van der Waals surface area contributed by atoms with E-state index in [4.69, 9.17) is 10.8 Å². The summed E-state index contributed by atoms with van der Waals surface area (Å²) in [5.41, 5.74) is 5.26. The third-order valence-electron chi connectivity index (χ3n) is 2.21. The highest BCUT2D eigenvalue weighted by molar-refractivity contribution is 7.97. The van der Waals surface area contributed by atoms with Gasteiger partial charge in [-0.25, -0.2) is 0 Å². The summed E-state index contributed by atoms with van der Waals surface area (Å²) in [6.07, 6.45) is 0.156. The van der Waals surface area contributed by atoms with E-state index in [9.17, 15) is 19.3 Å². The average molecular weight is 291 g/mol. The van der Waals surface area contributed by atoms with Crippen molar-refractivity contribution in [2.75, 3.05) is 12.3 Å². The zero-order chi connectivity index (χ0) is 14.7. The molecule has 0 unspecified atom stereocenters. The van der Waals surface area contributed by atoms with E-state index in [2.05, 4.69) is 9.90 Å². The number of hydrogen-bond donors (Lipinski definition) is 3. The number of carbonyl (C=O) groups is 3. The molecule has 0 radical (unpaired) electrons. The van der Waals surface area contributed by atoms with Crippen molar-refractivity contribution in [1.29, 1.82) is 0 Å². The second kappa shape index (κ2) is 10.4. The van der Waals surface area contributed by atoms with Crippen LogP contribution in [0.25, 0.3) is 0 Å². The van der Waals surface area contributed by atoms with Crippen LogP contribution < -0.4 is 11.1 Å². The van der Waals surface area contributed by atoms with Crippen molar-refractivity contribution in [3.63, 3.8) is 0 Å². The van der Waals surface area contributed by atoms with Crippen molar-refractivity contribution in [3.8, 4) is 0 Å². The molecule has 8 nitrogen and oxygen atoms in total. The quantitative estimate of drug-likeness (QED) is 0.361. The minimum atomic E-state index is -1.09. The van der Waals surface area contributed by atoms with E-state index in [0.29, 0.717) is 24.9 Å². The molecule has 0 aromatic heterocycles. The number of aliphatic carboxylic acids is 1. The molecule has 0 aromatic rings. The van der Waals surface area contributed by atoms with E-state index in [1.54, 1.807) is 0 Å². The molecule has 0 saturated heterocycles. The number of nitrogens with two attached hydrogens (primary N) is 1. The van der Waals surface area contributed by atoms with Crippen LogP contribution in [0.15, 0.2) is 4.58 Å². The van der Waals surface area contributed by atoms with Gasteiger partial charge in [0, 0.05) is 35.1 Å². The van der Waals surface area contributed by atoms with Crippen molar-refractivity contribution in [1.82, 2.24) is 5.32 Å². The SMILES string of the molecule is NCCCC(=O)N[C@@H](CSN=O)C(=O)CCC(=O)O. The van der Waals surface area contributed by atoms with Gasteiger partial charge >= 0.3 is 5.97 Å². The largest absolute Gasteiger partial charge is 0.481 e. The number of Topliss-reactive ketones (excluding diaryl/α,β-unsaturated/α-hetero) is 1. The van der Waals surface area contributed by atoms with Crippen molar-refractivity contribution in [2.45, 2.75) is 31.7 Å². The summed E-state index contributed by atoms with van der Waals surface area (Å²) in [6.45, 7) is 0.357. The van der Waals surface area contributed by atoms with Crippen LogP contribution in [0.5, 0.6) is 0 Å². The minimum Gasteiger partial charge on any atom is -0.481 e. The Hall–Kier alpha value is -1.48. The molecule has 0 spiro atoms. The Morgan fingerprint density at radius 1 is 1.26 bits per heavy atom. The molecule has 108 valence electrons. The van der Waals surface area contributed by atoms with Crippen molar-refractivity contribution in [2.24, 2.45) is 10.3 Å². The summed E-state index contributed by atoms with van der Waals surface area (Å²) < 4.78 is 2.55. The van der Waals surface area contributed by atoms with Gasteiger partial charge in [-0.05, 0) is 13.0 Å². The number of hydrogen-bond acceptors (Lipinski definition) is 7. The van der Waals surface area contributed by atoms with Crippen molar-refractivity contribution >= 4 is 29.6 Å². The van der Waals surface area contributed by atoms with Crippen LogP contribution >= 0.6 is 11.9 Å². The van der Waals surface area contributed by atoms with Crippen molar-refractivity contribution < 1.29 is 19.5 Å². The zero-order valence-corrected chi connectivity index (χ0v) is 11.1. The normalized spacial score (nSPS) is 11.6. The number of nitrogens with zero attached hydrogens (tertiary/aromatic N) is 1. The molecular weight excluding hydrogens is 274 g/mol. The number of nitroso groups, excluding NO2 is 1. The zero-order valence-electron chi connectivity index (χ0n) is 10.3.